The zero-order chi connectivity index (χ0) is 18.6. The van der Waals surface area contributed by atoms with Gasteiger partial charge in [-0.3, -0.25) is 9.59 Å². The van der Waals surface area contributed by atoms with Crippen LogP contribution in [0.3, 0.4) is 0 Å². The first-order valence-corrected chi connectivity index (χ1v) is 8.40. The fraction of sp³-hybridized carbons (Fsp3) is 0.222. The molecule has 25 heavy (non-hydrogen) atoms. The first kappa shape index (κ1) is 19.1. The lowest BCUT2D eigenvalue weighted by molar-refractivity contribution is -0.118. The van der Waals surface area contributed by atoms with Crippen LogP contribution in [-0.4, -0.2) is 17.9 Å². The molecule has 0 spiro atoms. The molecule has 0 radical (unpaired) electrons. The number of hydrogen-bond acceptors (Lipinski definition) is 2. The molecule has 1 unspecified atom stereocenters. The van der Waals surface area contributed by atoms with Gasteiger partial charge in [0.25, 0.3) is 5.91 Å². The van der Waals surface area contributed by atoms with Gasteiger partial charge in [0.05, 0.1) is 0 Å². The average Bonchev–Trinajstić information content (AvgIpc) is 2.52. The maximum Gasteiger partial charge on any atom is 0.257 e. The van der Waals surface area contributed by atoms with E-state index in [1.54, 1.807) is 38.1 Å². The molecular weight excluding hydrogens is 394 g/mol. The molecule has 0 fully saturated rings. The quantitative estimate of drug-likeness (QED) is 0.778. The standard InChI is InChI=1S/C18H17BrF2N2O2/c1-10(2)16(18(25)22-12-6-3-5-11(19)9-12)23-17(24)15-13(20)7-4-8-14(15)21/h3-10,16H,1-2H3,(H,22,25)(H,23,24). The summed E-state index contributed by atoms with van der Waals surface area (Å²) >= 11 is 3.30. The van der Waals surface area contributed by atoms with Crippen LogP contribution in [0.2, 0.25) is 0 Å². The summed E-state index contributed by atoms with van der Waals surface area (Å²) in [5.74, 6) is -3.69. The summed E-state index contributed by atoms with van der Waals surface area (Å²) in [6, 6.07) is 9.14. The molecule has 2 aromatic rings. The lowest BCUT2D eigenvalue weighted by Crippen LogP contribution is -2.47. The van der Waals surface area contributed by atoms with Crippen LogP contribution >= 0.6 is 15.9 Å². The Morgan fingerprint density at radius 3 is 2.20 bits per heavy atom. The molecule has 7 heteroatoms. The van der Waals surface area contributed by atoms with Crippen molar-refractivity contribution in [3.8, 4) is 0 Å². The topological polar surface area (TPSA) is 58.2 Å². The number of nitrogens with one attached hydrogen (secondary N) is 2. The predicted molar refractivity (Wildman–Crippen MR) is 95.2 cm³/mol. The summed E-state index contributed by atoms with van der Waals surface area (Å²) in [6.07, 6.45) is 0. The minimum Gasteiger partial charge on any atom is -0.340 e. The van der Waals surface area contributed by atoms with Gasteiger partial charge >= 0.3 is 0 Å². The van der Waals surface area contributed by atoms with Gasteiger partial charge in [0.2, 0.25) is 5.91 Å². The highest BCUT2D eigenvalue weighted by Crippen LogP contribution is 2.17. The number of carbonyl (C=O) groups is 2. The molecule has 0 aliphatic heterocycles. The minimum absolute atomic E-state index is 0.286. The average molecular weight is 411 g/mol. The molecule has 0 heterocycles. The van der Waals surface area contributed by atoms with Crippen molar-refractivity contribution in [2.45, 2.75) is 19.9 Å². The van der Waals surface area contributed by atoms with E-state index in [1.165, 1.54) is 6.07 Å². The van der Waals surface area contributed by atoms with E-state index < -0.39 is 35.1 Å². The first-order valence-electron chi connectivity index (χ1n) is 7.61. The molecule has 0 aliphatic rings. The summed E-state index contributed by atoms with van der Waals surface area (Å²) in [5.41, 5.74) is -0.167. The van der Waals surface area contributed by atoms with Crippen LogP contribution in [0.1, 0.15) is 24.2 Å². The van der Waals surface area contributed by atoms with Crippen molar-refractivity contribution >= 4 is 33.4 Å². The van der Waals surface area contributed by atoms with E-state index >= 15 is 0 Å². The second-order valence-corrected chi connectivity index (χ2v) is 6.71. The lowest BCUT2D eigenvalue weighted by Gasteiger charge is -2.22. The van der Waals surface area contributed by atoms with E-state index in [4.69, 9.17) is 0 Å². The molecule has 4 nitrogen and oxygen atoms in total. The van der Waals surface area contributed by atoms with E-state index in [2.05, 4.69) is 26.6 Å². The summed E-state index contributed by atoms with van der Waals surface area (Å²) < 4.78 is 28.3. The van der Waals surface area contributed by atoms with Crippen molar-refractivity contribution in [2.75, 3.05) is 5.32 Å². The molecule has 1 atom stereocenters. The van der Waals surface area contributed by atoms with Gasteiger partial charge in [-0.25, -0.2) is 8.78 Å². The highest BCUT2D eigenvalue weighted by molar-refractivity contribution is 9.10. The Labute approximate surface area is 152 Å². The van der Waals surface area contributed by atoms with Gasteiger partial charge in [-0.15, -0.1) is 0 Å². The van der Waals surface area contributed by atoms with Crippen molar-refractivity contribution in [1.29, 1.82) is 0 Å². The number of amides is 2. The fourth-order valence-corrected chi connectivity index (χ4v) is 2.65. The Balaban J connectivity index is 2.18. The molecule has 2 amide bonds. The zero-order valence-electron chi connectivity index (χ0n) is 13.6. The van der Waals surface area contributed by atoms with Gasteiger partial charge in [0.15, 0.2) is 0 Å². The van der Waals surface area contributed by atoms with Gasteiger partial charge in [-0.2, -0.15) is 0 Å². The summed E-state index contributed by atoms with van der Waals surface area (Å²) in [5, 5.41) is 5.09. The Kier molecular flexibility index (Phi) is 6.25. The highest BCUT2D eigenvalue weighted by atomic mass is 79.9. The molecule has 132 valence electrons. The van der Waals surface area contributed by atoms with Crippen LogP contribution in [0, 0.1) is 17.6 Å². The summed E-state index contributed by atoms with van der Waals surface area (Å²) in [6.45, 7) is 3.45. The van der Waals surface area contributed by atoms with Crippen LogP contribution in [0.5, 0.6) is 0 Å². The molecule has 0 bridgehead atoms. The van der Waals surface area contributed by atoms with Crippen molar-refractivity contribution in [3.63, 3.8) is 0 Å². The maximum atomic E-state index is 13.7. The Morgan fingerprint density at radius 2 is 1.64 bits per heavy atom. The van der Waals surface area contributed by atoms with Crippen molar-refractivity contribution < 1.29 is 18.4 Å². The minimum atomic E-state index is -0.979. The third-order valence-corrected chi connectivity index (χ3v) is 4.01. The normalized spacial score (nSPS) is 11.9. The number of carbonyl (C=O) groups excluding carboxylic acids is 2. The van der Waals surface area contributed by atoms with E-state index in [0.717, 1.165) is 16.6 Å². The maximum absolute atomic E-state index is 13.7. The molecule has 0 aliphatic carbocycles. The second-order valence-electron chi connectivity index (χ2n) is 5.79. The third kappa shape index (κ3) is 4.85. The SMILES string of the molecule is CC(C)C(NC(=O)c1c(F)cccc1F)C(=O)Nc1cccc(Br)c1. The van der Waals surface area contributed by atoms with Crippen LogP contribution in [-0.2, 0) is 4.79 Å². The number of benzene rings is 2. The summed E-state index contributed by atoms with van der Waals surface area (Å²) in [4.78, 5) is 24.7. The van der Waals surface area contributed by atoms with Crippen molar-refractivity contribution in [2.24, 2.45) is 5.92 Å². The Morgan fingerprint density at radius 1 is 1.04 bits per heavy atom. The zero-order valence-corrected chi connectivity index (χ0v) is 15.2. The number of anilines is 1. The molecule has 0 aromatic heterocycles. The van der Waals surface area contributed by atoms with Crippen molar-refractivity contribution in [1.82, 2.24) is 5.32 Å². The van der Waals surface area contributed by atoms with E-state index in [1.807, 2.05) is 0 Å². The first-order chi connectivity index (χ1) is 11.8. The Hall–Kier alpha value is -2.28. The smallest absolute Gasteiger partial charge is 0.257 e. The van der Waals surface area contributed by atoms with Crippen LogP contribution in [0.25, 0.3) is 0 Å². The molecule has 0 saturated heterocycles. The van der Waals surface area contributed by atoms with Crippen LogP contribution in [0.4, 0.5) is 14.5 Å². The van der Waals surface area contributed by atoms with Gasteiger partial charge < -0.3 is 10.6 Å². The number of hydrogen-bond donors (Lipinski definition) is 2. The van der Waals surface area contributed by atoms with Crippen molar-refractivity contribution in [3.05, 3.63) is 64.1 Å². The number of halogens is 3. The monoisotopic (exact) mass is 410 g/mol. The van der Waals surface area contributed by atoms with E-state index in [0.29, 0.717) is 5.69 Å². The molecule has 0 saturated carbocycles. The molecule has 2 rings (SSSR count). The molecule has 2 aromatic carbocycles. The van der Waals surface area contributed by atoms with E-state index in [-0.39, 0.29) is 5.92 Å². The van der Waals surface area contributed by atoms with Gasteiger partial charge in [-0.05, 0) is 36.2 Å². The highest BCUT2D eigenvalue weighted by Gasteiger charge is 2.27. The summed E-state index contributed by atoms with van der Waals surface area (Å²) in [7, 11) is 0. The molecule has 2 N–H and O–H groups in total. The fourth-order valence-electron chi connectivity index (χ4n) is 2.25. The molecular formula is C18H17BrF2N2O2. The van der Waals surface area contributed by atoms with Crippen LogP contribution < -0.4 is 10.6 Å². The lowest BCUT2D eigenvalue weighted by atomic mass is 10.0. The van der Waals surface area contributed by atoms with Crippen LogP contribution in [0.15, 0.2) is 46.9 Å². The van der Waals surface area contributed by atoms with Gasteiger partial charge in [0.1, 0.15) is 23.2 Å². The third-order valence-electron chi connectivity index (χ3n) is 3.52. The predicted octanol–water partition coefficient (Wildman–Crippen LogP) is 4.12. The largest absolute Gasteiger partial charge is 0.340 e. The van der Waals surface area contributed by atoms with Gasteiger partial charge in [-0.1, -0.05) is 41.9 Å². The second kappa shape index (κ2) is 8.20. The Bertz CT molecular complexity index is 776. The number of rotatable bonds is 5. The van der Waals surface area contributed by atoms with Gasteiger partial charge in [0, 0.05) is 10.2 Å². The van der Waals surface area contributed by atoms with E-state index in [9.17, 15) is 18.4 Å².